The fourth-order valence-corrected chi connectivity index (χ4v) is 4.51. The van der Waals surface area contributed by atoms with Crippen LogP contribution in [0.1, 0.15) is 80.2 Å². The highest BCUT2D eigenvalue weighted by Gasteiger charge is 2.40. The summed E-state index contributed by atoms with van der Waals surface area (Å²) in [6.45, 7) is 10.4. The van der Waals surface area contributed by atoms with Crippen molar-refractivity contribution in [1.29, 1.82) is 0 Å². The Morgan fingerprint density at radius 2 is 1.72 bits per heavy atom. The van der Waals surface area contributed by atoms with E-state index in [0.29, 0.717) is 25.3 Å². The first kappa shape index (κ1) is 23.9. The Bertz CT molecular complexity index is 955. The summed E-state index contributed by atoms with van der Waals surface area (Å²) < 4.78 is 1.70. The molecule has 1 fully saturated rings. The Morgan fingerprint density at radius 1 is 1.06 bits per heavy atom. The monoisotopic (exact) mass is 440 g/mol. The van der Waals surface area contributed by atoms with Gasteiger partial charge in [-0.3, -0.25) is 9.59 Å². The predicted molar refractivity (Wildman–Crippen MR) is 124 cm³/mol. The molecule has 2 aromatic rings. The van der Waals surface area contributed by atoms with Crippen LogP contribution in [0.15, 0.2) is 6.07 Å². The van der Waals surface area contributed by atoms with Crippen LogP contribution in [-0.4, -0.2) is 43.6 Å². The Labute approximate surface area is 190 Å². The maximum atomic E-state index is 13.1. The number of rotatable bonds is 8. The van der Waals surface area contributed by atoms with Gasteiger partial charge >= 0.3 is 0 Å². The lowest BCUT2D eigenvalue weighted by Crippen LogP contribution is -2.60. The van der Waals surface area contributed by atoms with E-state index in [2.05, 4.69) is 32.6 Å². The van der Waals surface area contributed by atoms with Gasteiger partial charge in [0, 0.05) is 29.2 Å². The average molecular weight is 441 g/mol. The summed E-state index contributed by atoms with van der Waals surface area (Å²) in [5, 5.41) is 10.7. The molecular formula is C24H36N6O2. The van der Waals surface area contributed by atoms with Crippen molar-refractivity contribution in [2.45, 2.75) is 91.5 Å². The summed E-state index contributed by atoms with van der Waals surface area (Å²) in [6.07, 6.45) is 6.49. The maximum absolute atomic E-state index is 13.1. The number of nitrogens with zero attached hydrogens (tertiary/aromatic N) is 4. The van der Waals surface area contributed by atoms with Gasteiger partial charge in [0.15, 0.2) is 0 Å². The molecule has 0 aliphatic heterocycles. The van der Waals surface area contributed by atoms with Crippen LogP contribution in [0.4, 0.5) is 0 Å². The third kappa shape index (κ3) is 5.34. The quantitative estimate of drug-likeness (QED) is 0.614. The molecule has 8 nitrogen and oxygen atoms in total. The number of hydrogen-bond donors (Lipinski definition) is 2. The lowest BCUT2D eigenvalue weighted by Gasteiger charge is -2.36. The molecule has 2 heterocycles. The molecule has 2 amide bonds. The average Bonchev–Trinajstić information content (AvgIpc) is 3.02. The molecule has 2 aromatic heterocycles. The minimum atomic E-state index is -0.808. The van der Waals surface area contributed by atoms with Crippen molar-refractivity contribution in [3.8, 4) is 5.95 Å². The molecule has 1 saturated carbocycles. The topological polar surface area (TPSA) is 102 Å². The molecule has 0 radical (unpaired) electrons. The first-order valence-corrected chi connectivity index (χ1v) is 11.7. The van der Waals surface area contributed by atoms with Crippen LogP contribution in [-0.2, 0) is 16.0 Å². The van der Waals surface area contributed by atoms with E-state index in [1.807, 2.05) is 33.8 Å². The predicted octanol–water partition coefficient (Wildman–Crippen LogP) is 3.17. The summed E-state index contributed by atoms with van der Waals surface area (Å²) in [6, 6.07) is 1.92. The maximum Gasteiger partial charge on any atom is 0.251 e. The third-order valence-corrected chi connectivity index (χ3v) is 6.27. The van der Waals surface area contributed by atoms with Gasteiger partial charge in [0.05, 0.1) is 12.1 Å². The van der Waals surface area contributed by atoms with E-state index in [-0.39, 0.29) is 18.2 Å². The summed E-state index contributed by atoms with van der Waals surface area (Å²) in [7, 11) is 0. The zero-order valence-corrected chi connectivity index (χ0v) is 20.0. The van der Waals surface area contributed by atoms with Crippen LogP contribution in [0.2, 0.25) is 0 Å². The first-order valence-electron chi connectivity index (χ1n) is 11.7. The highest BCUT2D eigenvalue weighted by Crippen LogP contribution is 2.29. The fourth-order valence-electron chi connectivity index (χ4n) is 4.51. The molecule has 0 saturated heterocycles. The zero-order valence-electron chi connectivity index (χ0n) is 20.0. The van der Waals surface area contributed by atoms with Crippen LogP contribution in [0.5, 0.6) is 0 Å². The summed E-state index contributed by atoms with van der Waals surface area (Å²) in [5.41, 5.74) is 3.39. The van der Waals surface area contributed by atoms with Crippen LogP contribution in [0.3, 0.4) is 0 Å². The molecule has 0 aromatic carbocycles. The Kier molecular flexibility index (Phi) is 7.64. The lowest BCUT2D eigenvalue weighted by atomic mass is 9.80. The zero-order chi connectivity index (χ0) is 23.3. The molecule has 3 rings (SSSR count). The van der Waals surface area contributed by atoms with Crippen molar-refractivity contribution in [3.05, 3.63) is 34.4 Å². The van der Waals surface area contributed by atoms with Crippen molar-refractivity contribution < 1.29 is 9.59 Å². The molecule has 1 aliphatic carbocycles. The van der Waals surface area contributed by atoms with E-state index in [0.717, 1.165) is 60.4 Å². The summed E-state index contributed by atoms with van der Waals surface area (Å²) in [4.78, 5) is 35.1. The number of aryl methyl sites for hydroxylation is 3. The van der Waals surface area contributed by atoms with Crippen molar-refractivity contribution in [2.24, 2.45) is 0 Å². The van der Waals surface area contributed by atoms with Gasteiger partial charge in [-0.25, -0.2) is 14.6 Å². The van der Waals surface area contributed by atoms with Gasteiger partial charge < -0.3 is 10.6 Å². The SMILES string of the molecule is CCCCNC(=O)C1(NC(=O)Cc2c(C)nn(-c3nc(C)cc(C)n3)c2C)CCCCC1. The summed E-state index contributed by atoms with van der Waals surface area (Å²) in [5.74, 6) is 0.310. The third-order valence-electron chi connectivity index (χ3n) is 6.27. The molecular weight excluding hydrogens is 404 g/mol. The van der Waals surface area contributed by atoms with Gasteiger partial charge in [-0.1, -0.05) is 32.6 Å². The second kappa shape index (κ2) is 10.2. The highest BCUT2D eigenvalue weighted by molar-refractivity contribution is 5.92. The van der Waals surface area contributed by atoms with E-state index in [1.165, 1.54) is 0 Å². The molecule has 1 aliphatic rings. The lowest BCUT2D eigenvalue weighted by molar-refractivity contribution is -0.134. The van der Waals surface area contributed by atoms with Crippen molar-refractivity contribution in [2.75, 3.05) is 6.54 Å². The van der Waals surface area contributed by atoms with Gasteiger partial charge in [-0.2, -0.15) is 5.10 Å². The molecule has 0 atom stereocenters. The molecule has 32 heavy (non-hydrogen) atoms. The summed E-state index contributed by atoms with van der Waals surface area (Å²) >= 11 is 0. The first-order chi connectivity index (χ1) is 15.3. The Hall–Kier alpha value is -2.77. The largest absolute Gasteiger partial charge is 0.354 e. The van der Waals surface area contributed by atoms with E-state index in [4.69, 9.17) is 0 Å². The smallest absolute Gasteiger partial charge is 0.251 e. The van der Waals surface area contributed by atoms with Crippen molar-refractivity contribution in [1.82, 2.24) is 30.4 Å². The number of amides is 2. The van der Waals surface area contributed by atoms with Gasteiger partial charge in [0.1, 0.15) is 5.54 Å². The number of carbonyl (C=O) groups excluding carboxylic acids is 2. The molecule has 2 N–H and O–H groups in total. The Balaban J connectivity index is 1.78. The normalized spacial score (nSPS) is 15.4. The van der Waals surface area contributed by atoms with Crippen molar-refractivity contribution >= 4 is 11.8 Å². The number of nitrogens with one attached hydrogen (secondary N) is 2. The van der Waals surface area contributed by atoms with Gasteiger partial charge in [-0.15, -0.1) is 0 Å². The number of aromatic nitrogens is 4. The van der Waals surface area contributed by atoms with Crippen LogP contribution in [0.25, 0.3) is 5.95 Å². The minimum absolute atomic E-state index is 0.0493. The molecule has 8 heteroatoms. The van der Waals surface area contributed by atoms with E-state index >= 15 is 0 Å². The standard InChI is InChI=1S/C24H36N6O2/c1-6-7-13-25-22(32)24(11-9-8-10-12-24)28-21(31)15-20-18(4)29-30(19(20)5)23-26-16(2)14-17(3)27-23/h14H,6-13,15H2,1-5H3,(H,25,32)(H,28,31). The van der Waals surface area contributed by atoms with Crippen molar-refractivity contribution in [3.63, 3.8) is 0 Å². The van der Waals surface area contributed by atoms with E-state index in [1.54, 1.807) is 4.68 Å². The molecule has 0 spiro atoms. The van der Waals surface area contributed by atoms with Gasteiger partial charge in [0.2, 0.25) is 11.8 Å². The second-order valence-corrected chi connectivity index (χ2v) is 8.99. The number of unbranched alkanes of at least 4 members (excludes halogenated alkanes) is 1. The van der Waals surface area contributed by atoms with E-state index < -0.39 is 5.54 Å². The minimum Gasteiger partial charge on any atom is -0.354 e. The fraction of sp³-hybridized carbons (Fsp3) is 0.625. The van der Waals surface area contributed by atoms with Crippen LogP contribution < -0.4 is 10.6 Å². The molecule has 0 unspecified atom stereocenters. The second-order valence-electron chi connectivity index (χ2n) is 8.99. The van der Waals surface area contributed by atoms with Crippen LogP contribution >= 0.6 is 0 Å². The Morgan fingerprint density at radius 3 is 2.34 bits per heavy atom. The molecule has 0 bridgehead atoms. The van der Waals surface area contributed by atoms with E-state index in [9.17, 15) is 9.59 Å². The van der Waals surface area contributed by atoms with Gasteiger partial charge in [0.25, 0.3) is 5.95 Å². The van der Waals surface area contributed by atoms with Gasteiger partial charge in [-0.05, 0) is 53.0 Å². The van der Waals surface area contributed by atoms with Crippen LogP contribution in [0, 0.1) is 27.7 Å². The highest BCUT2D eigenvalue weighted by atomic mass is 16.2. The number of carbonyl (C=O) groups is 2. The number of hydrogen-bond acceptors (Lipinski definition) is 5. The molecule has 174 valence electrons.